The molecule has 0 saturated carbocycles. The minimum atomic E-state index is -0.135. The van der Waals surface area contributed by atoms with E-state index in [1.807, 2.05) is 19.9 Å². The van der Waals surface area contributed by atoms with Gasteiger partial charge >= 0.3 is 0 Å². The molecule has 8 heteroatoms. The van der Waals surface area contributed by atoms with Crippen molar-refractivity contribution in [2.75, 3.05) is 18.0 Å². The van der Waals surface area contributed by atoms with Gasteiger partial charge in [-0.2, -0.15) is 10.2 Å². The average molecular weight is 375 g/mol. The van der Waals surface area contributed by atoms with Gasteiger partial charge in [0, 0.05) is 24.2 Å². The van der Waals surface area contributed by atoms with Crippen LogP contribution in [0.25, 0.3) is 22.2 Å². The Morgan fingerprint density at radius 1 is 1.27 bits per heavy atom. The van der Waals surface area contributed by atoms with Crippen molar-refractivity contribution in [3.8, 4) is 11.3 Å². The second-order valence-electron chi connectivity index (χ2n) is 6.56. The van der Waals surface area contributed by atoms with E-state index in [0.29, 0.717) is 29.4 Å². The molecule has 0 aliphatic carbocycles. The Hall–Kier alpha value is -2.22. The number of rotatable bonds is 3. The van der Waals surface area contributed by atoms with Crippen LogP contribution in [-0.2, 0) is 11.3 Å². The number of benzene rings is 1. The molecule has 1 N–H and O–H groups in total. The first-order valence-electron chi connectivity index (χ1n) is 8.47. The highest BCUT2D eigenvalue weighted by atomic mass is 35.5. The Bertz CT molecular complexity index is 921. The lowest BCUT2D eigenvalue weighted by Crippen LogP contribution is -2.46. The molecule has 26 heavy (non-hydrogen) atoms. The Morgan fingerprint density at radius 3 is 2.69 bits per heavy atom. The minimum Gasteiger partial charge on any atom is -0.392 e. The summed E-state index contributed by atoms with van der Waals surface area (Å²) < 4.78 is 11.4. The molecule has 0 spiro atoms. The van der Waals surface area contributed by atoms with Gasteiger partial charge in [-0.3, -0.25) is 0 Å². The zero-order valence-corrected chi connectivity index (χ0v) is 15.3. The van der Waals surface area contributed by atoms with Gasteiger partial charge in [0.1, 0.15) is 10.7 Å². The molecule has 1 aromatic carbocycles. The number of aliphatic hydroxyl groups is 1. The van der Waals surface area contributed by atoms with Crippen molar-refractivity contribution in [1.82, 2.24) is 15.4 Å². The number of hydrogen-bond donors (Lipinski definition) is 1. The summed E-state index contributed by atoms with van der Waals surface area (Å²) in [5.41, 5.74) is 3.41. The van der Waals surface area contributed by atoms with Crippen LogP contribution in [0, 0.1) is 0 Å². The summed E-state index contributed by atoms with van der Waals surface area (Å²) in [7, 11) is 0. The number of morpholine rings is 1. The van der Waals surface area contributed by atoms with Gasteiger partial charge in [0.15, 0.2) is 5.58 Å². The zero-order chi connectivity index (χ0) is 18.3. The number of fused-ring (bicyclic) bond motifs is 1. The van der Waals surface area contributed by atoms with E-state index in [-0.39, 0.29) is 18.8 Å². The lowest BCUT2D eigenvalue weighted by atomic mass is 10.0. The number of anilines is 1. The minimum absolute atomic E-state index is 0.0743. The van der Waals surface area contributed by atoms with E-state index in [1.165, 1.54) is 0 Å². The summed E-state index contributed by atoms with van der Waals surface area (Å²) in [6.07, 6.45) is 3.36. The summed E-state index contributed by atoms with van der Waals surface area (Å²) in [6.45, 7) is 5.30. The van der Waals surface area contributed by atoms with Gasteiger partial charge < -0.3 is 19.3 Å². The molecule has 1 fully saturated rings. The fourth-order valence-electron chi connectivity index (χ4n) is 3.54. The third-order valence-corrected chi connectivity index (χ3v) is 4.87. The maximum Gasteiger partial charge on any atom is 0.188 e. The molecule has 0 radical (unpaired) electrons. The number of nitrogens with zero attached hydrogens (tertiary/aromatic N) is 4. The molecule has 2 aromatic heterocycles. The van der Waals surface area contributed by atoms with Gasteiger partial charge in [-0.1, -0.05) is 16.8 Å². The van der Waals surface area contributed by atoms with Crippen LogP contribution in [-0.4, -0.2) is 45.8 Å². The smallest absolute Gasteiger partial charge is 0.188 e. The maximum absolute atomic E-state index is 9.97. The van der Waals surface area contributed by atoms with Crippen LogP contribution >= 0.6 is 11.6 Å². The predicted molar refractivity (Wildman–Crippen MR) is 98.2 cm³/mol. The molecule has 7 nitrogen and oxygen atoms in total. The molecule has 0 amide bonds. The molecule has 1 aliphatic heterocycles. The number of aliphatic hydroxyl groups excluding tert-OH is 1. The third-order valence-electron chi connectivity index (χ3n) is 4.52. The molecular weight excluding hydrogens is 356 g/mol. The van der Waals surface area contributed by atoms with E-state index in [4.69, 9.17) is 20.9 Å². The Balaban J connectivity index is 1.86. The van der Waals surface area contributed by atoms with E-state index in [0.717, 1.165) is 22.2 Å². The fraction of sp³-hybridized carbons (Fsp3) is 0.389. The van der Waals surface area contributed by atoms with Gasteiger partial charge in [-0.15, -0.1) is 0 Å². The molecule has 1 saturated heterocycles. The number of hydrogen-bond acceptors (Lipinski definition) is 7. The van der Waals surface area contributed by atoms with E-state index in [2.05, 4.69) is 20.3 Å². The van der Waals surface area contributed by atoms with Crippen molar-refractivity contribution in [2.24, 2.45) is 0 Å². The monoisotopic (exact) mass is 374 g/mol. The second kappa shape index (κ2) is 6.83. The number of halogens is 1. The molecular formula is C18H19ClN4O3. The third kappa shape index (κ3) is 2.92. The van der Waals surface area contributed by atoms with Gasteiger partial charge in [-0.25, -0.2) is 0 Å². The van der Waals surface area contributed by atoms with Crippen LogP contribution in [0.1, 0.15) is 19.4 Å². The molecule has 1 aliphatic rings. The van der Waals surface area contributed by atoms with E-state index in [1.54, 1.807) is 18.5 Å². The second-order valence-corrected chi connectivity index (χ2v) is 6.94. The Kier molecular flexibility index (Phi) is 4.52. The molecule has 3 heterocycles. The lowest BCUT2D eigenvalue weighted by molar-refractivity contribution is -0.00531. The normalized spacial score (nSPS) is 20.7. The van der Waals surface area contributed by atoms with Crippen LogP contribution in [0.4, 0.5) is 5.69 Å². The van der Waals surface area contributed by atoms with Crippen LogP contribution in [0.15, 0.2) is 29.0 Å². The molecule has 0 bridgehead atoms. The molecule has 3 aromatic rings. The van der Waals surface area contributed by atoms with Crippen molar-refractivity contribution in [3.05, 3.63) is 35.1 Å². The molecule has 4 rings (SSSR count). The topological polar surface area (TPSA) is 84.5 Å². The lowest BCUT2D eigenvalue weighted by Gasteiger charge is -2.38. The van der Waals surface area contributed by atoms with Crippen molar-refractivity contribution in [1.29, 1.82) is 0 Å². The first kappa shape index (κ1) is 17.2. The molecule has 2 atom stereocenters. The quantitative estimate of drug-likeness (QED) is 0.754. The Morgan fingerprint density at radius 2 is 2.04 bits per heavy atom. The first-order valence-corrected chi connectivity index (χ1v) is 8.85. The van der Waals surface area contributed by atoms with Gasteiger partial charge in [0.05, 0.1) is 42.3 Å². The summed E-state index contributed by atoms with van der Waals surface area (Å²) >= 11 is 6.70. The average Bonchev–Trinajstić information content (AvgIpc) is 3.05. The Labute approximate surface area is 155 Å². The highest BCUT2D eigenvalue weighted by Crippen LogP contribution is 2.41. The van der Waals surface area contributed by atoms with Gasteiger partial charge in [-0.05, 0) is 26.0 Å². The van der Waals surface area contributed by atoms with Gasteiger partial charge in [0.25, 0.3) is 0 Å². The SMILES string of the molecule is C[C@@H]1CN(c2c(CO)cc3c(-c4ccnnc4)noc3c2Cl)C[C@H](C)O1. The number of ether oxygens (including phenoxy) is 1. The van der Waals surface area contributed by atoms with Crippen LogP contribution in [0.5, 0.6) is 0 Å². The number of aromatic nitrogens is 3. The van der Waals surface area contributed by atoms with E-state index >= 15 is 0 Å². The van der Waals surface area contributed by atoms with Crippen molar-refractivity contribution in [2.45, 2.75) is 32.7 Å². The van der Waals surface area contributed by atoms with Gasteiger partial charge in [0.2, 0.25) is 0 Å². The zero-order valence-electron chi connectivity index (χ0n) is 14.5. The summed E-state index contributed by atoms with van der Waals surface area (Å²) in [6, 6.07) is 3.68. The van der Waals surface area contributed by atoms with Crippen molar-refractivity contribution < 1.29 is 14.4 Å². The van der Waals surface area contributed by atoms with Crippen LogP contribution in [0.2, 0.25) is 5.02 Å². The first-order chi connectivity index (χ1) is 12.6. The van der Waals surface area contributed by atoms with Crippen LogP contribution < -0.4 is 4.90 Å². The van der Waals surface area contributed by atoms with E-state index in [9.17, 15) is 5.11 Å². The largest absolute Gasteiger partial charge is 0.392 e. The van der Waals surface area contributed by atoms with Crippen molar-refractivity contribution >= 4 is 28.3 Å². The fourth-order valence-corrected chi connectivity index (χ4v) is 3.92. The summed E-state index contributed by atoms with van der Waals surface area (Å²) in [4.78, 5) is 2.14. The van der Waals surface area contributed by atoms with E-state index < -0.39 is 0 Å². The molecule has 136 valence electrons. The highest BCUT2D eigenvalue weighted by molar-refractivity contribution is 6.38. The maximum atomic E-state index is 9.97. The summed E-state index contributed by atoms with van der Waals surface area (Å²) in [5, 5.41) is 23.0. The van der Waals surface area contributed by atoms with Crippen LogP contribution in [0.3, 0.4) is 0 Å². The summed E-state index contributed by atoms with van der Waals surface area (Å²) in [5.74, 6) is 0. The predicted octanol–water partition coefficient (Wildman–Crippen LogP) is 3.04. The standard InChI is InChI=1S/C18H19ClN4O3/c1-10-7-23(8-11(2)25-10)17-13(9-24)5-14-16(12-3-4-20-21-6-12)22-26-18(14)15(17)19/h3-6,10-11,24H,7-9H2,1-2H3/t10-,11+. The molecule has 0 unspecified atom stereocenters. The highest BCUT2D eigenvalue weighted by Gasteiger charge is 2.28. The van der Waals surface area contributed by atoms with Crippen molar-refractivity contribution in [3.63, 3.8) is 0 Å².